The molecule has 0 aliphatic heterocycles. The number of benzene rings is 2. The van der Waals surface area contributed by atoms with E-state index in [4.69, 9.17) is 0 Å². The fourth-order valence-electron chi connectivity index (χ4n) is 2.85. The van der Waals surface area contributed by atoms with Gasteiger partial charge in [0.2, 0.25) is 0 Å². The molecular formula is C18H19F2N2+. The third kappa shape index (κ3) is 3.02. The van der Waals surface area contributed by atoms with Crippen LogP contribution in [-0.2, 0) is 13.0 Å². The highest BCUT2D eigenvalue weighted by molar-refractivity contribution is 5.84. The molecule has 114 valence electrons. The number of aryl methyl sites for hydroxylation is 1. The number of para-hydroxylation sites is 1. The highest BCUT2D eigenvalue weighted by Crippen LogP contribution is 2.21. The van der Waals surface area contributed by atoms with E-state index >= 15 is 0 Å². The summed E-state index contributed by atoms with van der Waals surface area (Å²) in [5, 5.41) is 3.30. The van der Waals surface area contributed by atoms with Crippen molar-refractivity contribution in [2.24, 2.45) is 0 Å². The molecule has 2 nitrogen and oxygen atoms in total. The number of rotatable bonds is 5. The molecule has 0 saturated heterocycles. The SMILES string of the molecule is Cc1[nH]c2ccccc2c1CC[NH2+]Cc1ccc(F)cc1F. The van der Waals surface area contributed by atoms with E-state index < -0.39 is 11.6 Å². The first-order valence-electron chi connectivity index (χ1n) is 7.47. The molecule has 0 fully saturated rings. The Morgan fingerprint density at radius 2 is 1.91 bits per heavy atom. The number of H-pyrrole nitrogens is 1. The summed E-state index contributed by atoms with van der Waals surface area (Å²) in [4.78, 5) is 3.39. The molecule has 4 heteroatoms. The first kappa shape index (κ1) is 14.7. The topological polar surface area (TPSA) is 32.4 Å². The molecule has 0 bridgehead atoms. The van der Waals surface area contributed by atoms with Gasteiger partial charge < -0.3 is 10.3 Å². The Bertz CT molecular complexity index is 793. The van der Waals surface area contributed by atoms with E-state index in [9.17, 15) is 8.78 Å². The summed E-state index contributed by atoms with van der Waals surface area (Å²) in [6.45, 7) is 3.46. The predicted octanol–water partition coefficient (Wildman–Crippen LogP) is 3.06. The molecule has 0 amide bonds. The third-order valence-corrected chi connectivity index (χ3v) is 4.00. The van der Waals surface area contributed by atoms with Crippen LogP contribution in [0.5, 0.6) is 0 Å². The van der Waals surface area contributed by atoms with Crippen LogP contribution in [0.25, 0.3) is 10.9 Å². The molecule has 3 N–H and O–H groups in total. The minimum absolute atomic E-state index is 0.473. The molecule has 22 heavy (non-hydrogen) atoms. The maximum Gasteiger partial charge on any atom is 0.134 e. The quantitative estimate of drug-likeness (QED) is 0.679. The van der Waals surface area contributed by atoms with Crippen molar-refractivity contribution in [3.05, 3.63) is 70.9 Å². The van der Waals surface area contributed by atoms with Crippen LogP contribution in [0.3, 0.4) is 0 Å². The largest absolute Gasteiger partial charge is 0.358 e. The molecule has 3 aromatic rings. The van der Waals surface area contributed by atoms with Gasteiger partial charge in [-0.15, -0.1) is 0 Å². The summed E-state index contributed by atoms with van der Waals surface area (Å²) in [6.07, 6.45) is 0.915. The lowest BCUT2D eigenvalue weighted by atomic mass is 10.1. The molecule has 1 heterocycles. The molecule has 0 saturated carbocycles. The van der Waals surface area contributed by atoms with Gasteiger partial charge in [-0.2, -0.15) is 0 Å². The lowest BCUT2D eigenvalue weighted by Gasteiger charge is -2.04. The summed E-state index contributed by atoms with van der Waals surface area (Å²) >= 11 is 0. The van der Waals surface area contributed by atoms with Crippen LogP contribution in [-0.4, -0.2) is 11.5 Å². The highest BCUT2D eigenvalue weighted by atomic mass is 19.1. The maximum absolute atomic E-state index is 13.6. The molecule has 2 aromatic carbocycles. The normalized spacial score (nSPS) is 11.2. The fraction of sp³-hybridized carbons (Fsp3) is 0.222. The van der Waals surface area contributed by atoms with Crippen LogP contribution in [0.15, 0.2) is 42.5 Å². The molecule has 0 aliphatic rings. The smallest absolute Gasteiger partial charge is 0.134 e. The van der Waals surface area contributed by atoms with E-state index in [-0.39, 0.29) is 0 Å². The third-order valence-electron chi connectivity index (χ3n) is 4.00. The minimum Gasteiger partial charge on any atom is -0.358 e. The van der Waals surface area contributed by atoms with Crippen molar-refractivity contribution in [2.75, 3.05) is 6.54 Å². The zero-order valence-corrected chi connectivity index (χ0v) is 12.5. The van der Waals surface area contributed by atoms with E-state index in [1.807, 2.05) is 12.1 Å². The number of nitrogens with two attached hydrogens (primary N) is 1. The van der Waals surface area contributed by atoms with Gasteiger partial charge in [-0.1, -0.05) is 18.2 Å². The molecule has 1 aromatic heterocycles. The number of fused-ring (bicyclic) bond motifs is 1. The van der Waals surface area contributed by atoms with Crippen molar-refractivity contribution in [1.29, 1.82) is 0 Å². The Balaban J connectivity index is 1.62. The Kier molecular flexibility index (Phi) is 4.20. The minimum atomic E-state index is -0.532. The molecular weight excluding hydrogens is 282 g/mol. The Labute approximate surface area is 128 Å². The van der Waals surface area contributed by atoms with Crippen LogP contribution in [0.1, 0.15) is 16.8 Å². The number of nitrogens with one attached hydrogen (secondary N) is 1. The molecule has 0 unspecified atom stereocenters. The molecule has 0 aliphatic carbocycles. The maximum atomic E-state index is 13.6. The van der Waals surface area contributed by atoms with Crippen molar-refractivity contribution in [3.63, 3.8) is 0 Å². The van der Waals surface area contributed by atoms with Gasteiger partial charge in [0, 0.05) is 34.6 Å². The van der Waals surface area contributed by atoms with E-state index in [1.54, 1.807) is 0 Å². The summed E-state index contributed by atoms with van der Waals surface area (Å²) in [6, 6.07) is 12.0. The second-order valence-electron chi connectivity index (χ2n) is 5.54. The van der Waals surface area contributed by atoms with Gasteiger partial charge in [0.05, 0.1) is 6.54 Å². The van der Waals surface area contributed by atoms with Gasteiger partial charge in [0.1, 0.15) is 18.2 Å². The van der Waals surface area contributed by atoms with Crippen molar-refractivity contribution in [2.45, 2.75) is 19.9 Å². The van der Waals surface area contributed by atoms with E-state index in [1.165, 1.54) is 28.8 Å². The monoisotopic (exact) mass is 301 g/mol. The van der Waals surface area contributed by atoms with Gasteiger partial charge in [-0.05, 0) is 30.7 Å². The van der Waals surface area contributed by atoms with Gasteiger partial charge >= 0.3 is 0 Å². The standard InChI is InChI=1S/C18H18F2N2/c1-12-15(16-4-2-3-5-18(16)22-12)8-9-21-11-13-6-7-14(19)10-17(13)20/h2-7,10,21-22H,8-9,11H2,1H3/p+1. The van der Waals surface area contributed by atoms with Crippen LogP contribution < -0.4 is 5.32 Å². The molecule has 0 spiro atoms. The number of aromatic amines is 1. The molecule has 3 rings (SSSR count). The van der Waals surface area contributed by atoms with E-state index in [0.29, 0.717) is 12.1 Å². The summed E-state index contributed by atoms with van der Waals surface area (Å²) in [5.74, 6) is -1.00. The average Bonchev–Trinajstić information content (AvgIpc) is 2.81. The zero-order valence-electron chi connectivity index (χ0n) is 12.5. The predicted molar refractivity (Wildman–Crippen MR) is 83.6 cm³/mol. The van der Waals surface area contributed by atoms with Crippen LogP contribution >= 0.6 is 0 Å². The lowest BCUT2D eigenvalue weighted by Crippen LogP contribution is -2.83. The lowest BCUT2D eigenvalue weighted by molar-refractivity contribution is -0.670. The molecule has 0 atom stereocenters. The second kappa shape index (κ2) is 6.28. The average molecular weight is 301 g/mol. The number of hydrogen-bond donors (Lipinski definition) is 2. The Hall–Kier alpha value is -2.20. The summed E-state index contributed by atoms with van der Waals surface area (Å²) < 4.78 is 26.4. The first-order valence-corrected chi connectivity index (χ1v) is 7.47. The van der Waals surface area contributed by atoms with Crippen LogP contribution in [0.4, 0.5) is 8.78 Å². The van der Waals surface area contributed by atoms with Gasteiger partial charge in [0.25, 0.3) is 0 Å². The highest BCUT2D eigenvalue weighted by Gasteiger charge is 2.09. The summed E-state index contributed by atoms with van der Waals surface area (Å²) in [7, 11) is 0. The van der Waals surface area contributed by atoms with Crippen LogP contribution in [0, 0.1) is 18.6 Å². The second-order valence-corrected chi connectivity index (χ2v) is 5.54. The number of hydrogen-bond acceptors (Lipinski definition) is 0. The Morgan fingerprint density at radius 1 is 1.09 bits per heavy atom. The number of quaternary nitrogens is 1. The van der Waals surface area contributed by atoms with Crippen LogP contribution in [0.2, 0.25) is 0 Å². The van der Waals surface area contributed by atoms with Crippen molar-refractivity contribution in [3.8, 4) is 0 Å². The Morgan fingerprint density at radius 3 is 2.73 bits per heavy atom. The van der Waals surface area contributed by atoms with Crippen molar-refractivity contribution < 1.29 is 14.1 Å². The van der Waals surface area contributed by atoms with E-state index in [0.717, 1.165) is 24.5 Å². The first-order chi connectivity index (χ1) is 10.6. The van der Waals surface area contributed by atoms with Gasteiger partial charge in [0.15, 0.2) is 0 Å². The van der Waals surface area contributed by atoms with Crippen molar-refractivity contribution in [1.82, 2.24) is 4.98 Å². The zero-order chi connectivity index (χ0) is 15.5. The number of aromatic nitrogens is 1. The van der Waals surface area contributed by atoms with E-state index in [2.05, 4.69) is 29.4 Å². The van der Waals surface area contributed by atoms with Gasteiger partial charge in [-0.3, -0.25) is 0 Å². The number of halogens is 2. The fourth-order valence-corrected chi connectivity index (χ4v) is 2.85. The summed E-state index contributed by atoms with van der Waals surface area (Å²) in [5.41, 5.74) is 4.19. The van der Waals surface area contributed by atoms with Gasteiger partial charge in [-0.25, -0.2) is 8.78 Å². The molecule has 0 radical (unpaired) electrons. The van der Waals surface area contributed by atoms with Crippen molar-refractivity contribution >= 4 is 10.9 Å².